The summed E-state index contributed by atoms with van der Waals surface area (Å²) in [5.41, 5.74) is 1.41. The van der Waals surface area contributed by atoms with Crippen molar-refractivity contribution in [3.05, 3.63) is 59.2 Å². The van der Waals surface area contributed by atoms with Gasteiger partial charge in [0.25, 0.3) is 0 Å². The fourth-order valence-corrected chi connectivity index (χ4v) is 3.36. The van der Waals surface area contributed by atoms with Crippen LogP contribution in [0.3, 0.4) is 0 Å². The molecule has 1 aliphatic rings. The maximum absolute atomic E-state index is 12.9. The van der Waals surface area contributed by atoms with Crippen molar-refractivity contribution < 1.29 is 18.8 Å². The number of carbonyl (C=O) groups is 1. The first-order valence-corrected chi connectivity index (χ1v) is 9.20. The van der Waals surface area contributed by atoms with Crippen molar-refractivity contribution in [1.29, 1.82) is 0 Å². The predicted molar refractivity (Wildman–Crippen MR) is 106 cm³/mol. The average molecular weight is 399 g/mol. The summed E-state index contributed by atoms with van der Waals surface area (Å²) in [5, 5.41) is 7.67. The summed E-state index contributed by atoms with van der Waals surface area (Å²) in [7, 11) is 3.16. The minimum Gasteiger partial charge on any atom is -0.493 e. The molecule has 144 valence electrons. The number of rotatable bonds is 6. The lowest BCUT2D eigenvalue weighted by molar-refractivity contribution is -0.118. The molecule has 1 N–H and O–H groups in total. The molecule has 28 heavy (non-hydrogen) atoms. The predicted octanol–water partition coefficient (Wildman–Crippen LogP) is 4.68. The third-order valence-corrected chi connectivity index (χ3v) is 5.17. The Labute approximate surface area is 167 Å². The lowest BCUT2D eigenvalue weighted by Crippen LogP contribution is -2.28. The Balaban J connectivity index is 1.57. The van der Waals surface area contributed by atoms with E-state index >= 15 is 0 Å². The van der Waals surface area contributed by atoms with E-state index in [9.17, 15) is 4.79 Å². The molecule has 1 aliphatic carbocycles. The first-order chi connectivity index (χ1) is 13.6. The number of ether oxygens (including phenoxy) is 2. The van der Waals surface area contributed by atoms with Crippen LogP contribution in [0.1, 0.15) is 18.5 Å². The fraction of sp³-hybridized carbons (Fsp3) is 0.238. The van der Waals surface area contributed by atoms with Crippen molar-refractivity contribution in [2.45, 2.75) is 18.3 Å². The third kappa shape index (κ3) is 3.31. The van der Waals surface area contributed by atoms with E-state index in [0.717, 1.165) is 18.4 Å². The number of aromatic nitrogens is 1. The van der Waals surface area contributed by atoms with Gasteiger partial charge >= 0.3 is 0 Å². The van der Waals surface area contributed by atoms with Gasteiger partial charge in [-0.15, -0.1) is 0 Å². The smallest absolute Gasteiger partial charge is 0.236 e. The van der Waals surface area contributed by atoms with Crippen LogP contribution in [0.15, 0.2) is 53.1 Å². The maximum atomic E-state index is 12.9. The monoisotopic (exact) mass is 398 g/mol. The Morgan fingerprint density at radius 3 is 2.57 bits per heavy atom. The van der Waals surface area contributed by atoms with Crippen molar-refractivity contribution >= 4 is 23.2 Å². The van der Waals surface area contributed by atoms with Gasteiger partial charge in [0.1, 0.15) is 0 Å². The molecular formula is C21H19ClN2O4. The molecule has 1 heterocycles. The minimum absolute atomic E-state index is 0.109. The van der Waals surface area contributed by atoms with Crippen LogP contribution in [0.5, 0.6) is 11.5 Å². The fourth-order valence-electron chi connectivity index (χ4n) is 3.17. The van der Waals surface area contributed by atoms with Gasteiger partial charge in [0.2, 0.25) is 5.91 Å². The molecule has 0 aliphatic heterocycles. The van der Waals surface area contributed by atoms with Gasteiger partial charge in [-0.3, -0.25) is 4.79 Å². The number of nitrogens with one attached hydrogen (secondary N) is 1. The van der Waals surface area contributed by atoms with Gasteiger partial charge in [0, 0.05) is 22.3 Å². The van der Waals surface area contributed by atoms with E-state index in [1.807, 2.05) is 18.2 Å². The molecule has 1 saturated carbocycles. The minimum atomic E-state index is -0.666. The second-order valence-corrected chi connectivity index (χ2v) is 7.13. The van der Waals surface area contributed by atoms with Crippen molar-refractivity contribution in [1.82, 2.24) is 5.16 Å². The zero-order valence-electron chi connectivity index (χ0n) is 15.5. The number of hydrogen-bond acceptors (Lipinski definition) is 5. The molecule has 0 unspecified atom stereocenters. The van der Waals surface area contributed by atoms with Crippen LogP contribution >= 0.6 is 11.6 Å². The Morgan fingerprint density at radius 2 is 1.89 bits per heavy atom. The normalized spacial score (nSPS) is 14.4. The Hall–Kier alpha value is -2.99. The third-order valence-electron chi connectivity index (χ3n) is 4.94. The summed E-state index contributed by atoms with van der Waals surface area (Å²) in [6.45, 7) is 0. The molecule has 7 heteroatoms. The molecule has 0 spiro atoms. The van der Waals surface area contributed by atoms with Crippen LogP contribution in [0.25, 0.3) is 11.3 Å². The highest BCUT2D eigenvalue weighted by atomic mass is 35.5. The van der Waals surface area contributed by atoms with Crippen molar-refractivity contribution in [2.24, 2.45) is 0 Å². The van der Waals surface area contributed by atoms with Gasteiger partial charge in [-0.2, -0.15) is 0 Å². The van der Waals surface area contributed by atoms with Crippen LogP contribution in [0.2, 0.25) is 5.02 Å². The first kappa shape index (κ1) is 18.4. The molecule has 1 aromatic heterocycles. The molecule has 0 bridgehead atoms. The highest BCUT2D eigenvalue weighted by Crippen LogP contribution is 2.49. The Morgan fingerprint density at radius 1 is 1.11 bits per heavy atom. The topological polar surface area (TPSA) is 73.6 Å². The van der Waals surface area contributed by atoms with Gasteiger partial charge in [-0.1, -0.05) is 22.8 Å². The van der Waals surface area contributed by atoms with E-state index in [2.05, 4.69) is 10.5 Å². The quantitative estimate of drug-likeness (QED) is 0.652. The number of benzene rings is 2. The summed E-state index contributed by atoms with van der Waals surface area (Å²) in [5.74, 6) is 1.68. The molecule has 4 rings (SSSR count). The van der Waals surface area contributed by atoms with E-state index in [4.69, 9.17) is 25.6 Å². The van der Waals surface area contributed by atoms with Gasteiger partial charge in [-0.05, 0) is 49.2 Å². The van der Waals surface area contributed by atoms with Crippen LogP contribution in [0.4, 0.5) is 5.69 Å². The van der Waals surface area contributed by atoms with Crippen LogP contribution < -0.4 is 14.8 Å². The van der Waals surface area contributed by atoms with E-state index in [-0.39, 0.29) is 5.91 Å². The van der Waals surface area contributed by atoms with Crippen LogP contribution in [-0.2, 0) is 10.2 Å². The number of carbonyl (C=O) groups excluding carboxylic acids is 1. The summed E-state index contributed by atoms with van der Waals surface area (Å²) < 4.78 is 16.1. The summed E-state index contributed by atoms with van der Waals surface area (Å²) in [6.07, 6.45) is 1.44. The van der Waals surface area contributed by atoms with E-state index < -0.39 is 5.41 Å². The molecule has 0 atom stereocenters. The number of amides is 1. The van der Waals surface area contributed by atoms with Crippen molar-refractivity contribution in [3.63, 3.8) is 0 Å². The lowest BCUT2D eigenvalue weighted by atomic mass is 10.00. The molecule has 0 saturated heterocycles. The molecular weight excluding hydrogens is 380 g/mol. The van der Waals surface area contributed by atoms with Gasteiger partial charge in [-0.25, -0.2) is 0 Å². The van der Waals surface area contributed by atoms with Crippen molar-refractivity contribution in [2.75, 3.05) is 19.5 Å². The number of halogens is 1. The van der Waals surface area contributed by atoms with Crippen LogP contribution in [-0.4, -0.2) is 25.3 Å². The summed E-state index contributed by atoms with van der Waals surface area (Å²) in [4.78, 5) is 12.9. The highest BCUT2D eigenvalue weighted by Gasteiger charge is 2.53. The molecule has 1 amide bonds. The van der Waals surface area contributed by atoms with Gasteiger partial charge < -0.3 is 19.3 Å². The number of nitrogens with zero attached hydrogens (tertiary/aromatic N) is 1. The lowest BCUT2D eigenvalue weighted by Gasteiger charge is -2.12. The van der Waals surface area contributed by atoms with Gasteiger partial charge in [0.05, 0.1) is 25.3 Å². The molecule has 2 aromatic carbocycles. The summed E-state index contributed by atoms with van der Waals surface area (Å²) in [6, 6.07) is 14.4. The second-order valence-electron chi connectivity index (χ2n) is 6.69. The van der Waals surface area contributed by atoms with E-state index in [1.54, 1.807) is 44.6 Å². The molecule has 1 fully saturated rings. The average Bonchev–Trinajstić information content (AvgIpc) is 3.37. The summed E-state index contributed by atoms with van der Waals surface area (Å²) >= 11 is 5.99. The number of hydrogen-bond donors (Lipinski definition) is 1. The Kier molecular flexibility index (Phi) is 4.73. The number of methoxy groups -OCH3 is 2. The second kappa shape index (κ2) is 7.20. The van der Waals surface area contributed by atoms with Gasteiger partial charge in [0.15, 0.2) is 17.3 Å². The van der Waals surface area contributed by atoms with Crippen molar-refractivity contribution in [3.8, 4) is 22.8 Å². The number of anilines is 1. The molecule has 0 radical (unpaired) electrons. The maximum Gasteiger partial charge on any atom is 0.236 e. The molecule has 6 nitrogen and oxygen atoms in total. The zero-order chi connectivity index (χ0) is 19.7. The SMILES string of the molecule is COc1ccc(-c2cc(C3(C(=O)Nc4cccc(Cl)c4)CC3)no2)cc1OC. The zero-order valence-corrected chi connectivity index (χ0v) is 16.2. The Bertz CT molecular complexity index is 1030. The highest BCUT2D eigenvalue weighted by molar-refractivity contribution is 6.30. The molecule has 3 aromatic rings. The standard InChI is InChI=1S/C21H19ClN2O4/c1-26-16-7-6-13(10-18(16)27-2)17-12-19(24-28-17)21(8-9-21)20(25)23-15-5-3-4-14(22)11-15/h3-7,10-12H,8-9H2,1-2H3,(H,23,25). The van der Waals surface area contributed by atoms with Crippen LogP contribution in [0, 0.1) is 0 Å². The largest absolute Gasteiger partial charge is 0.493 e. The van der Waals surface area contributed by atoms with E-state index in [1.165, 1.54) is 0 Å². The van der Waals surface area contributed by atoms with E-state index in [0.29, 0.717) is 33.7 Å². The first-order valence-electron chi connectivity index (χ1n) is 8.82.